The van der Waals surface area contributed by atoms with Gasteiger partial charge in [-0.25, -0.2) is 0 Å². The molecule has 5 heteroatoms. The molecule has 0 aliphatic heterocycles. The van der Waals surface area contributed by atoms with Gasteiger partial charge in [-0.1, -0.05) is 22.0 Å². The molecule has 0 aromatic heterocycles. The molecular weight excluding hydrogens is 310 g/mol. The van der Waals surface area contributed by atoms with E-state index in [0.29, 0.717) is 25.7 Å². The molecular formula is C14H20BrNO3. The summed E-state index contributed by atoms with van der Waals surface area (Å²) in [6.45, 7) is 1.78. The molecule has 0 saturated heterocycles. The predicted molar refractivity (Wildman–Crippen MR) is 78.9 cm³/mol. The molecule has 0 rings (SSSR count). The van der Waals surface area contributed by atoms with Crippen LogP contribution in [0.1, 0.15) is 32.6 Å². The highest BCUT2D eigenvalue weighted by atomic mass is 79.9. The van der Waals surface area contributed by atoms with Crippen LogP contribution in [0.25, 0.3) is 0 Å². The maximum Gasteiger partial charge on any atom is 0.222 e. The number of rotatable bonds is 9. The van der Waals surface area contributed by atoms with Crippen LogP contribution in [-0.2, 0) is 14.4 Å². The molecule has 1 unspecified atom stereocenters. The Morgan fingerprint density at radius 2 is 1.63 bits per heavy atom. The number of halogens is 1. The second-order valence-electron chi connectivity index (χ2n) is 4.11. The van der Waals surface area contributed by atoms with Crippen LogP contribution >= 0.6 is 15.9 Å². The average molecular weight is 330 g/mol. The first-order valence-electron chi connectivity index (χ1n) is 6.21. The van der Waals surface area contributed by atoms with Crippen molar-refractivity contribution in [2.45, 2.75) is 32.6 Å². The van der Waals surface area contributed by atoms with Gasteiger partial charge in [0.05, 0.1) is 0 Å². The Hall–Kier alpha value is -1.23. The van der Waals surface area contributed by atoms with Crippen LogP contribution in [0.5, 0.6) is 0 Å². The zero-order valence-electron chi connectivity index (χ0n) is 11.3. The van der Waals surface area contributed by atoms with Gasteiger partial charge in [0, 0.05) is 25.8 Å². The van der Waals surface area contributed by atoms with Gasteiger partial charge in [0.2, 0.25) is 5.91 Å². The van der Waals surface area contributed by atoms with Gasteiger partial charge in [-0.3, -0.25) is 14.4 Å². The van der Waals surface area contributed by atoms with Crippen molar-refractivity contribution in [1.29, 1.82) is 0 Å². The normalized spacial score (nSPS) is 12.8. The van der Waals surface area contributed by atoms with Crippen LogP contribution < -0.4 is 5.32 Å². The fraction of sp³-hybridized carbons (Fsp3) is 0.500. The quantitative estimate of drug-likeness (QED) is 0.661. The van der Waals surface area contributed by atoms with Crippen molar-refractivity contribution in [2.75, 3.05) is 7.05 Å². The standard InChI is InChI=1S/C14H20BrNO3/c1-3-4-12(17)7-5-11(14(19)16-2)6-8-13(18)9-10-15/h3-4,9-11H,5-8H2,1-2H3,(H,16,19)/b4-3+,10-9+. The van der Waals surface area contributed by atoms with E-state index < -0.39 is 0 Å². The minimum atomic E-state index is -0.299. The van der Waals surface area contributed by atoms with E-state index in [4.69, 9.17) is 0 Å². The molecule has 0 spiro atoms. The summed E-state index contributed by atoms with van der Waals surface area (Å²) < 4.78 is 0. The lowest BCUT2D eigenvalue weighted by molar-refractivity contribution is -0.125. The molecule has 0 aliphatic rings. The van der Waals surface area contributed by atoms with E-state index in [0.717, 1.165) is 0 Å². The van der Waals surface area contributed by atoms with Crippen LogP contribution in [-0.4, -0.2) is 24.5 Å². The van der Waals surface area contributed by atoms with E-state index in [-0.39, 0.29) is 23.4 Å². The van der Waals surface area contributed by atoms with E-state index in [1.54, 1.807) is 20.0 Å². The van der Waals surface area contributed by atoms with Crippen molar-refractivity contribution in [2.24, 2.45) is 5.92 Å². The number of ketones is 2. The van der Waals surface area contributed by atoms with Crippen LogP contribution in [0, 0.1) is 5.92 Å². The molecule has 19 heavy (non-hydrogen) atoms. The fourth-order valence-corrected chi connectivity index (χ4v) is 1.96. The summed E-state index contributed by atoms with van der Waals surface area (Å²) in [5.74, 6) is -0.454. The Labute approximate surface area is 122 Å². The second-order valence-corrected chi connectivity index (χ2v) is 4.64. The van der Waals surface area contributed by atoms with E-state index >= 15 is 0 Å². The Kier molecular flexibility index (Phi) is 9.98. The molecule has 1 atom stereocenters. The maximum absolute atomic E-state index is 11.7. The van der Waals surface area contributed by atoms with E-state index in [1.165, 1.54) is 17.1 Å². The Bertz CT molecular complexity index is 347. The number of carbonyl (C=O) groups excluding carboxylic acids is 3. The molecule has 0 fully saturated rings. The number of nitrogens with one attached hydrogen (secondary N) is 1. The Balaban J connectivity index is 4.35. The molecule has 0 radical (unpaired) electrons. The van der Waals surface area contributed by atoms with Crippen molar-refractivity contribution in [1.82, 2.24) is 5.32 Å². The van der Waals surface area contributed by atoms with E-state index in [2.05, 4.69) is 21.2 Å². The van der Waals surface area contributed by atoms with Crippen LogP contribution in [0.3, 0.4) is 0 Å². The maximum atomic E-state index is 11.7. The predicted octanol–water partition coefficient (Wildman–Crippen LogP) is 2.53. The third-order valence-corrected chi connectivity index (χ3v) is 2.96. The SMILES string of the molecule is C/C=C/C(=O)CCC(CCC(=O)/C=C/Br)C(=O)NC. The molecule has 0 heterocycles. The van der Waals surface area contributed by atoms with Gasteiger partial charge in [-0.2, -0.15) is 0 Å². The lowest BCUT2D eigenvalue weighted by Gasteiger charge is -2.13. The minimum absolute atomic E-state index is 0.00286. The number of carbonyl (C=O) groups is 3. The van der Waals surface area contributed by atoms with Crippen LogP contribution in [0.15, 0.2) is 23.2 Å². The molecule has 0 aromatic rings. The summed E-state index contributed by atoms with van der Waals surface area (Å²) >= 11 is 3.03. The fourth-order valence-electron chi connectivity index (χ4n) is 1.67. The lowest BCUT2D eigenvalue weighted by Crippen LogP contribution is -2.28. The van der Waals surface area contributed by atoms with Gasteiger partial charge in [-0.15, -0.1) is 0 Å². The molecule has 0 saturated carbocycles. The Morgan fingerprint density at radius 1 is 1.11 bits per heavy atom. The monoisotopic (exact) mass is 329 g/mol. The zero-order valence-corrected chi connectivity index (χ0v) is 12.9. The number of hydrogen-bond donors (Lipinski definition) is 1. The van der Waals surface area contributed by atoms with Crippen molar-refractivity contribution < 1.29 is 14.4 Å². The number of allylic oxidation sites excluding steroid dienone is 3. The summed E-state index contributed by atoms with van der Waals surface area (Å²) in [5, 5.41) is 2.57. The van der Waals surface area contributed by atoms with Gasteiger partial charge in [0.1, 0.15) is 0 Å². The highest BCUT2D eigenvalue weighted by molar-refractivity contribution is 9.11. The summed E-state index contributed by atoms with van der Waals surface area (Å²) in [4.78, 5) is 35.9. The third-order valence-electron chi connectivity index (χ3n) is 2.70. The van der Waals surface area contributed by atoms with Crippen molar-refractivity contribution in [3.05, 3.63) is 23.2 Å². The van der Waals surface area contributed by atoms with Crippen molar-refractivity contribution in [3.8, 4) is 0 Å². The molecule has 0 bridgehead atoms. The van der Waals surface area contributed by atoms with Crippen molar-refractivity contribution in [3.63, 3.8) is 0 Å². The molecule has 0 aliphatic carbocycles. The zero-order chi connectivity index (χ0) is 14.7. The molecule has 4 nitrogen and oxygen atoms in total. The summed E-state index contributed by atoms with van der Waals surface area (Å²) in [6.07, 6.45) is 6.16. The number of amides is 1. The first-order chi connectivity index (χ1) is 9.04. The van der Waals surface area contributed by atoms with Crippen LogP contribution in [0.4, 0.5) is 0 Å². The summed E-state index contributed by atoms with van der Waals surface area (Å²) in [5.41, 5.74) is 0. The Morgan fingerprint density at radius 3 is 2.05 bits per heavy atom. The van der Waals surface area contributed by atoms with E-state index in [9.17, 15) is 14.4 Å². The van der Waals surface area contributed by atoms with Gasteiger partial charge < -0.3 is 5.32 Å². The third kappa shape index (κ3) is 8.48. The molecule has 1 N–H and O–H groups in total. The van der Waals surface area contributed by atoms with Gasteiger partial charge in [0.25, 0.3) is 0 Å². The van der Waals surface area contributed by atoms with Gasteiger partial charge in [0.15, 0.2) is 11.6 Å². The highest BCUT2D eigenvalue weighted by Gasteiger charge is 2.18. The van der Waals surface area contributed by atoms with Crippen molar-refractivity contribution >= 4 is 33.4 Å². The summed E-state index contributed by atoms with van der Waals surface area (Å²) in [7, 11) is 1.56. The van der Waals surface area contributed by atoms with Crippen LogP contribution in [0.2, 0.25) is 0 Å². The minimum Gasteiger partial charge on any atom is -0.359 e. The smallest absolute Gasteiger partial charge is 0.222 e. The highest BCUT2D eigenvalue weighted by Crippen LogP contribution is 2.15. The first-order valence-corrected chi connectivity index (χ1v) is 7.13. The molecule has 106 valence electrons. The topological polar surface area (TPSA) is 63.2 Å². The number of hydrogen-bond acceptors (Lipinski definition) is 3. The molecule has 0 aromatic carbocycles. The first kappa shape index (κ1) is 17.8. The largest absolute Gasteiger partial charge is 0.359 e. The molecule has 1 amide bonds. The average Bonchev–Trinajstić information content (AvgIpc) is 2.38. The lowest BCUT2D eigenvalue weighted by atomic mass is 9.94. The second kappa shape index (κ2) is 10.7. The summed E-state index contributed by atoms with van der Waals surface area (Å²) in [6, 6.07) is 0. The van der Waals surface area contributed by atoms with E-state index in [1.807, 2.05) is 0 Å². The van der Waals surface area contributed by atoms with Gasteiger partial charge in [-0.05, 0) is 36.9 Å². The van der Waals surface area contributed by atoms with Gasteiger partial charge >= 0.3 is 0 Å².